The Hall–Kier alpha value is -0.882. The van der Waals surface area contributed by atoms with E-state index in [-0.39, 0.29) is 26.5 Å². The van der Waals surface area contributed by atoms with Crippen LogP contribution in [0.25, 0.3) is 11.1 Å². The van der Waals surface area contributed by atoms with Crippen LogP contribution in [0.2, 0.25) is 0 Å². The van der Waals surface area contributed by atoms with Gasteiger partial charge in [-0.25, -0.2) is 0 Å². The molecule has 0 spiro atoms. The maximum absolute atomic E-state index is 4.92. The van der Waals surface area contributed by atoms with Gasteiger partial charge in [0.15, 0.2) is 0 Å². The number of hydrogen-bond donors (Lipinski definition) is 0. The molecule has 0 aliphatic heterocycles. The minimum absolute atomic E-state index is 0. The zero-order valence-electron chi connectivity index (χ0n) is 17.4. The summed E-state index contributed by atoms with van der Waals surface area (Å²) in [5.41, 5.74) is 9.71. The first-order valence-corrected chi connectivity index (χ1v) is 9.34. The van der Waals surface area contributed by atoms with Crippen LogP contribution in [-0.2, 0) is 39.3 Å². The first-order valence-electron chi connectivity index (χ1n) is 9.34. The SMILES string of the molecule is CCc1nn(C(C)C)c(CC)c1-c1cc(C)c(C(C)(C)C)c(C)c1.[Pt]. The van der Waals surface area contributed by atoms with Crippen LogP contribution in [0.1, 0.15) is 82.6 Å². The fourth-order valence-corrected chi connectivity index (χ4v) is 4.16. The van der Waals surface area contributed by atoms with Gasteiger partial charge in [0, 0.05) is 38.4 Å². The number of nitrogens with zero attached hydrogens (tertiary/aromatic N) is 2. The fourth-order valence-electron chi connectivity index (χ4n) is 4.16. The molecule has 1 heterocycles. The van der Waals surface area contributed by atoms with Crippen LogP contribution in [0.3, 0.4) is 0 Å². The molecule has 0 saturated carbocycles. The van der Waals surface area contributed by atoms with Gasteiger partial charge in [-0.2, -0.15) is 5.10 Å². The first-order chi connectivity index (χ1) is 11.1. The topological polar surface area (TPSA) is 17.8 Å². The Bertz CT molecular complexity index is 710. The first kappa shape index (κ1) is 22.2. The number of benzene rings is 1. The molecule has 0 fully saturated rings. The Morgan fingerprint density at radius 3 is 1.88 bits per heavy atom. The van der Waals surface area contributed by atoms with E-state index in [2.05, 4.69) is 79.1 Å². The maximum atomic E-state index is 4.92. The van der Waals surface area contributed by atoms with Crippen LogP contribution in [0, 0.1) is 13.8 Å². The standard InChI is InChI=1S/C22H34N2.Pt/c1-10-18-20(19(11-2)24(23-18)14(3)4)17-12-15(5)21(16(6)13-17)22(7,8)9;/h12-14H,10-11H2,1-9H3;. The van der Waals surface area contributed by atoms with Crippen molar-refractivity contribution in [1.29, 1.82) is 0 Å². The van der Waals surface area contributed by atoms with E-state index in [1.165, 1.54) is 39.2 Å². The predicted molar refractivity (Wildman–Crippen MR) is 105 cm³/mol. The summed E-state index contributed by atoms with van der Waals surface area (Å²) < 4.78 is 2.22. The quantitative estimate of drug-likeness (QED) is 0.471. The summed E-state index contributed by atoms with van der Waals surface area (Å²) in [5, 5.41) is 4.92. The van der Waals surface area contributed by atoms with E-state index in [9.17, 15) is 0 Å². The van der Waals surface area contributed by atoms with Gasteiger partial charge in [-0.3, -0.25) is 4.68 Å². The van der Waals surface area contributed by atoms with Gasteiger partial charge in [0.1, 0.15) is 0 Å². The van der Waals surface area contributed by atoms with Crippen LogP contribution in [-0.4, -0.2) is 9.78 Å². The molecule has 0 saturated heterocycles. The average Bonchev–Trinajstić information content (AvgIpc) is 2.83. The van der Waals surface area contributed by atoms with Crippen molar-refractivity contribution < 1.29 is 21.1 Å². The zero-order chi connectivity index (χ0) is 18.2. The van der Waals surface area contributed by atoms with Crippen molar-refractivity contribution in [2.45, 2.75) is 86.6 Å². The second-order valence-electron chi connectivity index (χ2n) is 8.25. The summed E-state index contributed by atoms with van der Waals surface area (Å²) in [7, 11) is 0. The van der Waals surface area contributed by atoms with E-state index < -0.39 is 0 Å². The van der Waals surface area contributed by atoms with Crippen molar-refractivity contribution >= 4 is 0 Å². The van der Waals surface area contributed by atoms with Crippen LogP contribution in [0.15, 0.2) is 12.1 Å². The molecule has 142 valence electrons. The van der Waals surface area contributed by atoms with Crippen molar-refractivity contribution in [3.05, 3.63) is 40.2 Å². The summed E-state index contributed by atoms with van der Waals surface area (Å²) in [6.45, 7) is 20.3. The van der Waals surface area contributed by atoms with Gasteiger partial charge in [-0.05, 0) is 68.2 Å². The fraction of sp³-hybridized carbons (Fsp3) is 0.591. The largest absolute Gasteiger partial charge is 0.266 e. The molecule has 25 heavy (non-hydrogen) atoms. The zero-order valence-corrected chi connectivity index (χ0v) is 19.6. The van der Waals surface area contributed by atoms with Crippen molar-refractivity contribution in [3.63, 3.8) is 0 Å². The van der Waals surface area contributed by atoms with Crippen molar-refractivity contribution in [2.24, 2.45) is 0 Å². The molecule has 3 heteroatoms. The number of rotatable bonds is 4. The maximum Gasteiger partial charge on any atom is 0.0703 e. The van der Waals surface area contributed by atoms with Crippen LogP contribution >= 0.6 is 0 Å². The molecule has 0 bridgehead atoms. The summed E-state index contributed by atoms with van der Waals surface area (Å²) in [4.78, 5) is 0. The third kappa shape index (κ3) is 4.27. The van der Waals surface area contributed by atoms with Crippen LogP contribution < -0.4 is 0 Å². The molecular weight excluding hydrogens is 487 g/mol. The molecule has 0 radical (unpaired) electrons. The molecule has 0 aliphatic carbocycles. The third-order valence-electron chi connectivity index (χ3n) is 4.81. The molecule has 0 aliphatic rings. The third-order valence-corrected chi connectivity index (χ3v) is 4.81. The van der Waals surface area contributed by atoms with E-state index in [0.29, 0.717) is 6.04 Å². The van der Waals surface area contributed by atoms with Crippen molar-refractivity contribution in [2.75, 3.05) is 0 Å². The Morgan fingerprint density at radius 1 is 1.00 bits per heavy atom. The van der Waals surface area contributed by atoms with Crippen LogP contribution in [0.5, 0.6) is 0 Å². The minimum Gasteiger partial charge on any atom is -0.266 e. The van der Waals surface area contributed by atoms with Gasteiger partial charge in [-0.15, -0.1) is 0 Å². The van der Waals surface area contributed by atoms with Gasteiger partial charge >= 0.3 is 0 Å². The van der Waals surface area contributed by atoms with Gasteiger partial charge in [-0.1, -0.05) is 46.8 Å². The molecule has 1 aromatic heterocycles. The van der Waals surface area contributed by atoms with E-state index in [1.54, 1.807) is 0 Å². The van der Waals surface area contributed by atoms with Gasteiger partial charge in [0.05, 0.1) is 5.69 Å². The Labute approximate surface area is 168 Å². The summed E-state index contributed by atoms with van der Waals surface area (Å²) in [5.74, 6) is 0. The second-order valence-corrected chi connectivity index (χ2v) is 8.25. The molecule has 0 atom stereocenters. The minimum atomic E-state index is 0. The van der Waals surface area contributed by atoms with E-state index in [0.717, 1.165) is 12.8 Å². The molecule has 1 aromatic carbocycles. The normalized spacial score (nSPS) is 11.8. The summed E-state index contributed by atoms with van der Waals surface area (Å²) in [6.07, 6.45) is 1.99. The van der Waals surface area contributed by atoms with E-state index >= 15 is 0 Å². The Kier molecular flexibility index (Phi) is 7.28. The molecule has 2 aromatic rings. The number of aryl methyl sites for hydroxylation is 3. The monoisotopic (exact) mass is 521 g/mol. The van der Waals surface area contributed by atoms with Crippen molar-refractivity contribution in [1.82, 2.24) is 9.78 Å². The summed E-state index contributed by atoms with van der Waals surface area (Å²) >= 11 is 0. The molecule has 2 nitrogen and oxygen atoms in total. The van der Waals surface area contributed by atoms with Gasteiger partial charge in [0.25, 0.3) is 0 Å². The molecule has 0 unspecified atom stereocenters. The second kappa shape index (κ2) is 8.21. The summed E-state index contributed by atoms with van der Waals surface area (Å²) in [6, 6.07) is 5.14. The molecule has 0 amide bonds. The smallest absolute Gasteiger partial charge is 0.0703 e. The molecular formula is C22H34N2Pt. The number of aromatic nitrogens is 2. The molecule has 2 rings (SSSR count). The van der Waals surface area contributed by atoms with E-state index in [4.69, 9.17) is 5.10 Å². The number of hydrogen-bond acceptors (Lipinski definition) is 1. The predicted octanol–water partition coefficient (Wildman–Crippen LogP) is 6.17. The van der Waals surface area contributed by atoms with Gasteiger partial charge in [0.2, 0.25) is 0 Å². The molecule has 0 N–H and O–H groups in total. The van der Waals surface area contributed by atoms with Gasteiger partial charge < -0.3 is 0 Å². The van der Waals surface area contributed by atoms with Crippen LogP contribution in [0.4, 0.5) is 0 Å². The Morgan fingerprint density at radius 2 is 1.52 bits per heavy atom. The average molecular weight is 522 g/mol. The van der Waals surface area contributed by atoms with E-state index in [1.807, 2.05) is 0 Å². The Balaban J connectivity index is 0.00000312. The van der Waals surface area contributed by atoms with Crippen molar-refractivity contribution in [3.8, 4) is 11.1 Å².